The molecule has 0 radical (unpaired) electrons. The molecule has 132 valence electrons. The summed E-state index contributed by atoms with van der Waals surface area (Å²) in [6.07, 6.45) is 1.33. The summed E-state index contributed by atoms with van der Waals surface area (Å²) in [7, 11) is 0. The van der Waals surface area contributed by atoms with Gasteiger partial charge in [-0.25, -0.2) is 0 Å². The van der Waals surface area contributed by atoms with E-state index in [1.807, 2.05) is 6.92 Å². The van der Waals surface area contributed by atoms with E-state index in [1.165, 1.54) is 6.92 Å². The van der Waals surface area contributed by atoms with Crippen LogP contribution in [0, 0.1) is 6.92 Å². The summed E-state index contributed by atoms with van der Waals surface area (Å²) in [5.41, 5.74) is 3.49. The van der Waals surface area contributed by atoms with Gasteiger partial charge in [-0.1, -0.05) is 25.5 Å². The van der Waals surface area contributed by atoms with Crippen LogP contribution in [0.25, 0.3) is 0 Å². The van der Waals surface area contributed by atoms with Crippen LogP contribution in [0.1, 0.15) is 57.9 Å². The lowest BCUT2D eigenvalue weighted by Crippen LogP contribution is -2.15. The number of carboxylic acid groups (broad SMARTS) is 1. The Kier molecular flexibility index (Phi) is 5.75. The molecule has 0 fully saturated rings. The van der Waals surface area contributed by atoms with Crippen molar-refractivity contribution in [2.75, 3.05) is 5.32 Å². The molecule has 0 bridgehead atoms. The highest BCUT2D eigenvalue weighted by molar-refractivity contribution is 6.07. The van der Waals surface area contributed by atoms with Crippen molar-refractivity contribution in [2.24, 2.45) is 0 Å². The van der Waals surface area contributed by atoms with E-state index >= 15 is 0 Å². The molecule has 0 saturated carbocycles. The first-order valence-corrected chi connectivity index (χ1v) is 8.18. The fraction of sp³-hybridized carbons (Fsp3) is 0.316. The molecule has 6 heteroatoms. The van der Waals surface area contributed by atoms with Crippen molar-refractivity contribution in [3.05, 3.63) is 52.3 Å². The zero-order chi connectivity index (χ0) is 18.6. The molecule has 0 aliphatic heterocycles. The van der Waals surface area contributed by atoms with Gasteiger partial charge >= 0.3 is 5.97 Å². The Hall–Kier alpha value is -2.89. The largest absolute Gasteiger partial charge is 0.481 e. The van der Waals surface area contributed by atoms with Gasteiger partial charge in [0.15, 0.2) is 5.78 Å². The molecule has 0 atom stereocenters. The molecule has 3 N–H and O–H groups in total. The van der Waals surface area contributed by atoms with Crippen LogP contribution in [-0.2, 0) is 17.6 Å². The van der Waals surface area contributed by atoms with Crippen molar-refractivity contribution in [3.8, 4) is 0 Å². The Labute approximate surface area is 146 Å². The zero-order valence-corrected chi connectivity index (χ0v) is 14.6. The molecule has 0 aliphatic carbocycles. The lowest BCUT2D eigenvalue weighted by atomic mass is 10.0. The van der Waals surface area contributed by atoms with E-state index in [0.29, 0.717) is 34.6 Å². The molecule has 0 unspecified atom stereocenters. The number of Topliss-reactive ketones (excluding diaryl/α,β-unsaturated/α-hetero) is 1. The average molecular weight is 342 g/mol. The van der Waals surface area contributed by atoms with Crippen molar-refractivity contribution >= 4 is 23.3 Å². The number of carbonyl (C=O) groups excluding carboxylic acids is 2. The van der Waals surface area contributed by atoms with Crippen LogP contribution in [0.2, 0.25) is 0 Å². The Balaban J connectivity index is 2.31. The van der Waals surface area contributed by atoms with Crippen molar-refractivity contribution in [1.29, 1.82) is 0 Å². The van der Waals surface area contributed by atoms with E-state index in [0.717, 1.165) is 12.0 Å². The fourth-order valence-corrected chi connectivity index (χ4v) is 2.97. The van der Waals surface area contributed by atoms with Crippen LogP contribution in [0.5, 0.6) is 0 Å². The summed E-state index contributed by atoms with van der Waals surface area (Å²) in [5.74, 6) is -1.34. The topological polar surface area (TPSA) is 99.3 Å². The van der Waals surface area contributed by atoms with Crippen molar-refractivity contribution in [1.82, 2.24) is 4.98 Å². The maximum Gasteiger partial charge on any atom is 0.307 e. The summed E-state index contributed by atoms with van der Waals surface area (Å²) < 4.78 is 0. The molecular weight excluding hydrogens is 320 g/mol. The molecule has 2 rings (SSSR count). The third kappa shape index (κ3) is 4.35. The number of carbonyl (C=O) groups is 3. The minimum Gasteiger partial charge on any atom is -0.481 e. The summed E-state index contributed by atoms with van der Waals surface area (Å²) in [6.45, 7) is 5.26. The molecule has 0 saturated heterocycles. The van der Waals surface area contributed by atoms with Crippen LogP contribution in [0.15, 0.2) is 24.3 Å². The number of aromatic amines is 1. The molecule has 1 heterocycles. The van der Waals surface area contributed by atoms with Gasteiger partial charge in [0.05, 0.1) is 6.42 Å². The second-order valence-electron chi connectivity index (χ2n) is 6.01. The molecule has 1 amide bonds. The predicted octanol–water partition coefficient (Wildman–Crippen LogP) is 3.36. The lowest BCUT2D eigenvalue weighted by Gasteiger charge is -2.08. The highest BCUT2D eigenvalue weighted by Crippen LogP contribution is 2.23. The molecule has 0 spiro atoms. The number of benzene rings is 1. The number of aryl methyl sites for hydroxylation is 1. The first-order valence-electron chi connectivity index (χ1n) is 8.18. The quantitative estimate of drug-likeness (QED) is 0.672. The van der Waals surface area contributed by atoms with Crippen LogP contribution < -0.4 is 5.32 Å². The summed E-state index contributed by atoms with van der Waals surface area (Å²) in [6, 6.07) is 6.72. The summed E-state index contributed by atoms with van der Waals surface area (Å²) in [5, 5.41) is 11.6. The van der Waals surface area contributed by atoms with Gasteiger partial charge in [-0.2, -0.15) is 0 Å². The Morgan fingerprint density at radius 3 is 2.56 bits per heavy atom. The van der Waals surface area contributed by atoms with Crippen LogP contribution in [-0.4, -0.2) is 27.8 Å². The number of aliphatic carboxylic acids is 1. The fourth-order valence-electron chi connectivity index (χ4n) is 2.97. The highest BCUT2D eigenvalue weighted by Gasteiger charge is 2.22. The van der Waals surface area contributed by atoms with Crippen molar-refractivity contribution in [2.45, 2.75) is 40.0 Å². The van der Waals surface area contributed by atoms with E-state index in [1.54, 1.807) is 31.2 Å². The number of ketones is 1. The van der Waals surface area contributed by atoms with Gasteiger partial charge < -0.3 is 15.4 Å². The van der Waals surface area contributed by atoms with Gasteiger partial charge in [0.1, 0.15) is 5.69 Å². The Morgan fingerprint density at radius 2 is 1.96 bits per heavy atom. The standard InChI is InChI=1S/C19H22N2O4/c1-4-6-15-17(12(3)22)11(2)20-18(15)19(25)21-14-8-5-7-13(9-14)10-16(23)24/h5,7-9,20H,4,6,10H2,1-3H3,(H,21,25)(H,23,24). The van der Waals surface area contributed by atoms with Gasteiger partial charge in [0, 0.05) is 16.9 Å². The first-order chi connectivity index (χ1) is 11.8. The second-order valence-corrected chi connectivity index (χ2v) is 6.01. The molecule has 2 aromatic rings. The Bertz CT molecular complexity index is 821. The van der Waals surface area contributed by atoms with Crippen LogP contribution >= 0.6 is 0 Å². The number of rotatable bonds is 7. The number of hydrogen-bond donors (Lipinski definition) is 3. The third-order valence-electron chi connectivity index (χ3n) is 3.91. The van der Waals surface area contributed by atoms with E-state index in [2.05, 4.69) is 10.3 Å². The molecular formula is C19H22N2O4. The number of hydrogen-bond acceptors (Lipinski definition) is 3. The average Bonchev–Trinajstić information content (AvgIpc) is 2.84. The zero-order valence-electron chi connectivity index (χ0n) is 14.6. The summed E-state index contributed by atoms with van der Waals surface area (Å²) in [4.78, 5) is 38.4. The highest BCUT2D eigenvalue weighted by atomic mass is 16.4. The maximum atomic E-state index is 12.7. The minimum atomic E-state index is -0.931. The monoisotopic (exact) mass is 342 g/mol. The Morgan fingerprint density at radius 1 is 1.24 bits per heavy atom. The minimum absolute atomic E-state index is 0.0697. The van der Waals surface area contributed by atoms with E-state index < -0.39 is 5.97 Å². The number of nitrogens with one attached hydrogen (secondary N) is 2. The maximum absolute atomic E-state index is 12.7. The van der Waals surface area contributed by atoms with Gasteiger partial charge in [-0.05, 0) is 43.5 Å². The summed E-state index contributed by atoms with van der Waals surface area (Å²) >= 11 is 0. The van der Waals surface area contributed by atoms with Gasteiger partial charge in [0.25, 0.3) is 5.91 Å². The van der Waals surface area contributed by atoms with E-state index in [4.69, 9.17) is 5.11 Å². The molecule has 6 nitrogen and oxygen atoms in total. The smallest absolute Gasteiger partial charge is 0.307 e. The second kappa shape index (κ2) is 7.79. The number of anilines is 1. The normalized spacial score (nSPS) is 10.5. The lowest BCUT2D eigenvalue weighted by molar-refractivity contribution is -0.136. The molecule has 25 heavy (non-hydrogen) atoms. The third-order valence-corrected chi connectivity index (χ3v) is 3.91. The van der Waals surface area contributed by atoms with Crippen LogP contribution in [0.4, 0.5) is 5.69 Å². The van der Waals surface area contributed by atoms with Crippen molar-refractivity contribution < 1.29 is 19.5 Å². The molecule has 1 aromatic carbocycles. The van der Waals surface area contributed by atoms with E-state index in [-0.39, 0.29) is 18.1 Å². The van der Waals surface area contributed by atoms with Crippen molar-refractivity contribution in [3.63, 3.8) is 0 Å². The molecule has 0 aliphatic rings. The number of aromatic nitrogens is 1. The number of carboxylic acids is 1. The van der Waals surface area contributed by atoms with E-state index in [9.17, 15) is 14.4 Å². The predicted molar refractivity (Wildman–Crippen MR) is 95.3 cm³/mol. The van der Waals surface area contributed by atoms with Gasteiger partial charge in [-0.15, -0.1) is 0 Å². The van der Waals surface area contributed by atoms with Crippen LogP contribution in [0.3, 0.4) is 0 Å². The van der Waals surface area contributed by atoms with Gasteiger partial charge in [-0.3, -0.25) is 14.4 Å². The SMILES string of the molecule is CCCc1c(C(=O)Nc2cccc(CC(=O)O)c2)[nH]c(C)c1C(C)=O. The van der Waals surface area contributed by atoms with Gasteiger partial charge in [0.2, 0.25) is 0 Å². The number of amides is 1. The first kappa shape index (κ1) is 18.4. The molecule has 1 aromatic heterocycles. The number of H-pyrrole nitrogens is 1.